The lowest BCUT2D eigenvalue weighted by Crippen LogP contribution is -2.26. The second-order valence-electron chi connectivity index (χ2n) is 5.45. The fourth-order valence-corrected chi connectivity index (χ4v) is 3.61. The Hall–Kier alpha value is -2.15. The molecule has 5 nitrogen and oxygen atoms in total. The number of amides is 1. The van der Waals surface area contributed by atoms with Crippen LogP contribution >= 0.6 is 11.6 Å². The van der Waals surface area contributed by atoms with Crippen molar-refractivity contribution in [3.05, 3.63) is 76.8 Å². The molecule has 0 aliphatic rings. The number of benzene rings is 2. The largest absolute Gasteiger partial charge is 0.348 e. The van der Waals surface area contributed by atoms with Crippen LogP contribution in [0.3, 0.4) is 0 Å². The average Bonchev–Trinajstić information content (AvgIpc) is 2.59. The van der Waals surface area contributed by atoms with Gasteiger partial charge < -0.3 is 5.32 Å². The van der Waals surface area contributed by atoms with Gasteiger partial charge in [-0.1, -0.05) is 47.5 Å². The second-order valence-corrected chi connectivity index (χ2v) is 7.60. The average molecular weight is 379 g/mol. The Bertz CT molecular complexity index is 878. The number of nitrogens with one attached hydrogen (secondary N) is 2. The van der Waals surface area contributed by atoms with Crippen molar-refractivity contribution < 1.29 is 13.2 Å². The SMILES string of the molecule is C=CCNS(=O)(=O)c1cc(C(=O)NCc2ccc(C)cc2)ccc1Cl. The van der Waals surface area contributed by atoms with E-state index in [-0.39, 0.29) is 27.9 Å². The maximum Gasteiger partial charge on any atom is 0.251 e. The number of aryl methyl sites for hydroxylation is 1. The lowest BCUT2D eigenvalue weighted by atomic mass is 10.1. The van der Waals surface area contributed by atoms with Crippen LogP contribution in [0.1, 0.15) is 21.5 Å². The summed E-state index contributed by atoms with van der Waals surface area (Å²) in [5.74, 6) is -0.377. The van der Waals surface area contributed by atoms with Crippen LogP contribution in [0.2, 0.25) is 5.02 Å². The lowest BCUT2D eigenvalue weighted by molar-refractivity contribution is 0.0950. The summed E-state index contributed by atoms with van der Waals surface area (Å²) in [4.78, 5) is 12.2. The van der Waals surface area contributed by atoms with E-state index < -0.39 is 10.0 Å². The highest BCUT2D eigenvalue weighted by atomic mass is 35.5. The minimum absolute atomic E-state index is 0.0478. The molecule has 0 atom stereocenters. The van der Waals surface area contributed by atoms with E-state index in [4.69, 9.17) is 11.6 Å². The number of carbonyl (C=O) groups excluding carboxylic acids is 1. The Morgan fingerprint density at radius 3 is 2.52 bits per heavy atom. The van der Waals surface area contributed by atoms with E-state index in [1.807, 2.05) is 31.2 Å². The molecule has 0 radical (unpaired) electrons. The standard InChI is InChI=1S/C18H19ClN2O3S/c1-3-10-21-25(23,24)17-11-15(8-9-16(17)19)18(22)20-12-14-6-4-13(2)5-7-14/h3-9,11,21H,1,10,12H2,2H3,(H,20,22). The van der Waals surface area contributed by atoms with Gasteiger partial charge in [0.1, 0.15) is 4.90 Å². The Morgan fingerprint density at radius 1 is 1.20 bits per heavy atom. The first kappa shape index (κ1) is 19.2. The zero-order chi connectivity index (χ0) is 18.4. The molecular formula is C18H19ClN2O3S. The molecule has 25 heavy (non-hydrogen) atoms. The van der Waals surface area contributed by atoms with Gasteiger partial charge in [0.15, 0.2) is 0 Å². The number of sulfonamides is 1. The Morgan fingerprint density at radius 2 is 1.88 bits per heavy atom. The highest BCUT2D eigenvalue weighted by molar-refractivity contribution is 7.89. The van der Waals surface area contributed by atoms with Gasteiger partial charge >= 0.3 is 0 Å². The summed E-state index contributed by atoms with van der Waals surface area (Å²) in [5.41, 5.74) is 2.30. The van der Waals surface area contributed by atoms with Gasteiger partial charge in [-0.25, -0.2) is 13.1 Å². The van der Waals surface area contributed by atoms with E-state index in [0.717, 1.165) is 11.1 Å². The Kier molecular flexibility index (Phi) is 6.36. The third-order valence-electron chi connectivity index (χ3n) is 3.47. The first-order valence-corrected chi connectivity index (χ1v) is 9.43. The minimum atomic E-state index is -3.81. The summed E-state index contributed by atoms with van der Waals surface area (Å²) in [6.07, 6.45) is 1.42. The molecule has 2 N–H and O–H groups in total. The van der Waals surface area contributed by atoms with Crippen molar-refractivity contribution in [1.29, 1.82) is 0 Å². The molecule has 0 unspecified atom stereocenters. The van der Waals surface area contributed by atoms with Crippen LogP contribution in [0.25, 0.3) is 0 Å². The topological polar surface area (TPSA) is 75.3 Å². The van der Waals surface area contributed by atoms with Gasteiger partial charge in [-0.3, -0.25) is 4.79 Å². The number of carbonyl (C=O) groups is 1. The molecule has 2 aromatic rings. The van der Waals surface area contributed by atoms with Gasteiger partial charge in [-0.15, -0.1) is 6.58 Å². The van der Waals surface area contributed by atoms with Crippen LogP contribution in [0.15, 0.2) is 60.0 Å². The summed E-state index contributed by atoms with van der Waals surface area (Å²) >= 11 is 5.98. The van der Waals surface area contributed by atoms with Crippen molar-refractivity contribution in [3.8, 4) is 0 Å². The van der Waals surface area contributed by atoms with Crippen LogP contribution in [0.4, 0.5) is 0 Å². The third kappa shape index (κ3) is 5.16. The number of hydrogen-bond acceptors (Lipinski definition) is 3. The number of halogens is 1. The fraction of sp³-hybridized carbons (Fsp3) is 0.167. The first-order chi connectivity index (χ1) is 11.8. The molecule has 0 saturated carbocycles. The summed E-state index contributed by atoms with van der Waals surface area (Å²) in [6.45, 7) is 5.86. The van der Waals surface area contributed by atoms with Gasteiger partial charge in [-0.2, -0.15) is 0 Å². The molecule has 1 amide bonds. The quantitative estimate of drug-likeness (QED) is 0.727. The first-order valence-electron chi connectivity index (χ1n) is 7.57. The number of rotatable bonds is 7. The molecule has 0 aromatic heterocycles. The smallest absolute Gasteiger partial charge is 0.251 e. The van der Waals surface area contributed by atoms with Crippen molar-refractivity contribution in [1.82, 2.24) is 10.0 Å². The fourth-order valence-electron chi connectivity index (χ4n) is 2.09. The van der Waals surface area contributed by atoms with Crippen molar-refractivity contribution in [2.24, 2.45) is 0 Å². The van der Waals surface area contributed by atoms with Crippen molar-refractivity contribution in [3.63, 3.8) is 0 Å². The lowest BCUT2D eigenvalue weighted by Gasteiger charge is -2.10. The van der Waals surface area contributed by atoms with Crippen molar-refractivity contribution in [2.75, 3.05) is 6.54 Å². The summed E-state index contributed by atoms with van der Waals surface area (Å²) in [6, 6.07) is 11.9. The molecule has 0 bridgehead atoms. The molecule has 132 valence electrons. The maximum absolute atomic E-state index is 12.3. The molecule has 0 saturated heterocycles. The molecule has 2 aromatic carbocycles. The minimum Gasteiger partial charge on any atom is -0.348 e. The van der Waals surface area contributed by atoms with Gasteiger partial charge in [0.25, 0.3) is 5.91 Å². The second kappa shape index (κ2) is 8.29. The zero-order valence-electron chi connectivity index (χ0n) is 13.8. The molecular weight excluding hydrogens is 360 g/mol. The summed E-state index contributed by atoms with van der Waals surface area (Å²) in [5, 5.41) is 2.81. The predicted molar refractivity (Wildman–Crippen MR) is 99.2 cm³/mol. The van der Waals surface area contributed by atoms with Crippen LogP contribution in [-0.4, -0.2) is 20.9 Å². The van der Waals surface area contributed by atoms with Gasteiger partial charge in [-0.05, 0) is 30.7 Å². The van der Waals surface area contributed by atoms with Crippen LogP contribution in [0.5, 0.6) is 0 Å². The van der Waals surface area contributed by atoms with E-state index in [1.54, 1.807) is 0 Å². The number of hydrogen-bond donors (Lipinski definition) is 2. The molecule has 0 aliphatic carbocycles. The molecule has 2 rings (SSSR count). The van der Waals surface area contributed by atoms with Crippen molar-refractivity contribution >= 4 is 27.5 Å². The highest BCUT2D eigenvalue weighted by Gasteiger charge is 2.19. The normalized spacial score (nSPS) is 11.1. The molecule has 0 heterocycles. The van der Waals surface area contributed by atoms with Gasteiger partial charge in [0.2, 0.25) is 10.0 Å². The molecule has 0 spiro atoms. The Labute approximate surface area is 152 Å². The third-order valence-corrected chi connectivity index (χ3v) is 5.38. The van der Waals surface area contributed by atoms with Crippen LogP contribution in [0, 0.1) is 6.92 Å². The van der Waals surface area contributed by atoms with Gasteiger partial charge in [0.05, 0.1) is 5.02 Å². The molecule has 0 fully saturated rings. The maximum atomic E-state index is 12.3. The van der Waals surface area contributed by atoms with Gasteiger partial charge in [0, 0.05) is 18.7 Å². The Balaban J connectivity index is 2.16. The summed E-state index contributed by atoms with van der Waals surface area (Å²) in [7, 11) is -3.81. The van der Waals surface area contributed by atoms with Crippen LogP contribution in [-0.2, 0) is 16.6 Å². The molecule has 7 heteroatoms. The van der Waals surface area contributed by atoms with E-state index in [9.17, 15) is 13.2 Å². The highest BCUT2D eigenvalue weighted by Crippen LogP contribution is 2.22. The predicted octanol–water partition coefficient (Wildman–Crippen LogP) is 3.04. The zero-order valence-corrected chi connectivity index (χ0v) is 15.3. The van der Waals surface area contributed by atoms with E-state index in [1.165, 1.54) is 24.3 Å². The summed E-state index contributed by atoms with van der Waals surface area (Å²) < 4.78 is 26.8. The van der Waals surface area contributed by atoms with Crippen LogP contribution < -0.4 is 10.0 Å². The van der Waals surface area contributed by atoms with Crippen molar-refractivity contribution in [2.45, 2.75) is 18.4 Å². The monoisotopic (exact) mass is 378 g/mol. The molecule has 0 aliphatic heterocycles. The van der Waals surface area contributed by atoms with E-state index in [0.29, 0.717) is 6.54 Å². The van der Waals surface area contributed by atoms with E-state index >= 15 is 0 Å². The van der Waals surface area contributed by atoms with E-state index in [2.05, 4.69) is 16.6 Å².